The molecule has 0 spiro atoms. The van der Waals surface area contributed by atoms with Gasteiger partial charge in [-0.05, 0) is 60.7 Å². The molecule has 2 aliphatic rings. The van der Waals surface area contributed by atoms with Crippen LogP contribution in [0.25, 0.3) is 0 Å². The van der Waals surface area contributed by atoms with Crippen LogP contribution in [-0.2, 0) is 19.4 Å². The SMILES string of the molecule is Cc1nc2c(c(N3CCN(Cc4ccc(Br)cn4)CC3)n1)CCCC2. The van der Waals surface area contributed by atoms with Crippen LogP contribution in [0.1, 0.15) is 35.6 Å². The number of nitrogens with zero attached hydrogens (tertiary/aromatic N) is 5. The maximum atomic E-state index is 4.81. The summed E-state index contributed by atoms with van der Waals surface area (Å²) in [5.74, 6) is 2.11. The summed E-state index contributed by atoms with van der Waals surface area (Å²) in [4.78, 5) is 18.9. The first kappa shape index (κ1) is 16.9. The highest BCUT2D eigenvalue weighted by Gasteiger charge is 2.24. The number of hydrogen-bond acceptors (Lipinski definition) is 5. The van der Waals surface area contributed by atoms with E-state index in [9.17, 15) is 0 Å². The van der Waals surface area contributed by atoms with Gasteiger partial charge in [-0.2, -0.15) is 0 Å². The Hall–Kier alpha value is -1.53. The summed E-state index contributed by atoms with van der Waals surface area (Å²) < 4.78 is 1.03. The van der Waals surface area contributed by atoms with Crippen molar-refractivity contribution in [3.05, 3.63) is 45.6 Å². The fraction of sp³-hybridized carbons (Fsp3) is 0.526. The van der Waals surface area contributed by atoms with Crippen molar-refractivity contribution in [1.29, 1.82) is 0 Å². The molecule has 1 aliphatic heterocycles. The fourth-order valence-corrected chi connectivity index (χ4v) is 4.04. The van der Waals surface area contributed by atoms with Gasteiger partial charge in [-0.25, -0.2) is 9.97 Å². The highest BCUT2D eigenvalue weighted by Crippen LogP contribution is 2.28. The summed E-state index contributed by atoms with van der Waals surface area (Å²) in [7, 11) is 0. The van der Waals surface area contributed by atoms with Crippen molar-refractivity contribution in [2.45, 2.75) is 39.2 Å². The first-order valence-corrected chi connectivity index (χ1v) is 9.92. The lowest BCUT2D eigenvalue weighted by Gasteiger charge is -2.36. The first-order chi connectivity index (χ1) is 12.2. The summed E-state index contributed by atoms with van der Waals surface area (Å²) in [5, 5.41) is 0. The molecule has 4 rings (SSSR count). The molecule has 25 heavy (non-hydrogen) atoms. The van der Waals surface area contributed by atoms with Crippen molar-refractivity contribution < 1.29 is 0 Å². The fourth-order valence-electron chi connectivity index (χ4n) is 3.80. The number of anilines is 1. The van der Waals surface area contributed by atoms with Gasteiger partial charge in [0.05, 0.1) is 5.69 Å². The van der Waals surface area contributed by atoms with Gasteiger partial charge in [-0.15, -0.1) is 0 Å². The molecule has 0 amide bonds. The number of hydrogen-bond donors (Lipinski definition) is 0. The Balaban J connectivity index is 1.43. The predicted octanol–water partition coefficient (Wildman–Crippen LogP) is 3.14. The average molecular weight is 402 g/mol. The molecule has 132 valence electrons. The number of fused-ring (bicyclic) bond motifs is 1. The Bertz CT molecular complexity index is 738. The van der Waals surface area contributed by atoms with Crippen molar-refractivity contribution in [3.8, 4) is 0 Å². The number of aromatic nitrogens is 3. The topological polar surface area (TPSA) is 45.2 Å². The van der Waals surface area contributed by atoms with Gasteiger partial charge in [-0.1, -0.05) is 0 Å². The minimum atomic E-state index is 0.914. The molecule has 2 aromatic rings. The van der Waals surface area contributed by atoms with E-state index in [0.29, 0.717) is 0 Å². The van der Waals surface area contributed by atoms with Gasteiger partial charge >= 0.3 is 0 Å². The van der Waals surface area contributed by atoms with Crippen LogP contribution in [0.3, 0.4) is 0 Å². The maximum absolute atomic E-state index is 4.81. The van der Waals surface area contributed by atoms with Gasteiger partial charge in [0.1, 0.15) is 11.6 Å². The number of halogens is 1. The summed E-state index contributed by atoms with van der Waals surface area (Å²) >= 11 is 3.45. The van der Waals surface area contributed by atoms with Crippen LogP contribution in [0, 0.1) is 6.92 Å². The lowest BCUT2D eigenvalue weighted by Crippen LogP contribution is -2.46. The second-order valence-corrected chi connectivity index (χ2v) is 7.87. The zero-order valence-electron chi connectivity index (χ0n) is 14.7. The monoisotopic (exact) mass is 401 g/mol. The molecule has 1 aliphatic carbocycles. The van der Waals surface area contributed by atoms with Crippen LogP contribution in [0.5, 0.6) is 0 Å². The van der Waals surface area contributed by atoms with Gasteiger partial charge in [0.2, 0.25) is 0 Å². The molecule has 1 fully saturated rings. The molecule has 0 aromatic carbocycles. The van der Waals surface area contributed by atoms with E-state index in [2.05, 4.69) is 47.8 Å². The minimum absolute atomic E-state index is 0.914. The van der Waals surface area contributed by atoms with E-state index in [-0.39, 0.29) is 0 Å². The van der Waals surface area contributed by atoms with E-state index in [1.54, 1.807) is 0 Å². The Morgan fingerprint density at radius 1 is 1.04 bits per heavy atom. The van der Waals surface area contributed by atoms with Gasteiger partial charge in [-0.3, -0.25) is 9.88 Å². The Labute approximate surface area is 157 Å². The van der Waals surface area contributed by atoms with E-state index in [0.717, 1.165) is 61.6 Å². The Morgan fingerprint density at radius 3 is 2.60 bits per heavy atom. The number of aryl methyl sites for hydroxylation is 2. The van der Waals surface area contributed by atoms with Crippen molar-refractivity contribution in [1.82, 2.24) is 19.9 Å². The number of rotatable bonds is 3. The molecular weight excluding hydrogens is 378 g/mol. The van der Waals surface area contributed by atoms with E-state index in [4.69, 9.17) is 4.98 Å². The van der Waals surface area contributed by atoms with E-state index < -0.39 is 0 Å². The van der Waals surface area contributed by atoms with E-state index >= 15 is 0 Å². The lowest BCUT2D eigenvalue weighted by molar-refractivity contribution is 0.246. The van der Waals surface area contributed by atoms with E-state index in [1.807, 2.05) is 13.1 Å². The first-order valence-electron chi connectivity index (χ1n) is 9.13. The molecule has 0 unspecified atom stereocenters. The number of piperazine rings is 1. The van der Waals surface area contributed by atoms with Crippen LogP contribution in [-0.4, -0.2) is 46.0 Å². The molecule has 2 aromatic heterocycles. The molecule has 0 bridgehead atoms. The van der Waals surface area contributed by atoms with Gasteiger partial charge < -0.3 is 4.90 Å². The standard InChI is InChI=1S/C19H24BrN5/c1-14-22-18-5-3-2-4-17(18)19(23-14)25-10-8-24(9-11-25)13-16-7-6-15(20)12-21-16/h6-7,12H,2-5,8-11,13H2,1H3. The minimum Gasteiger partial charge on any atom is -0.354 e. The summed E-state index contributed by atoms with van der Waals surface area (Å²) in [6, 6.07) is 4.16. The van der Waals surface area contributed by atoms with Crippen LogP contribution < -0.4 is 4.90 Å². The third kappa shape index (κ3) is 3.85. The molecule has 0 atom stereocenters. The molecule has 0 radical (unpaired) electrons. The van der Waals surface area contributed by atoms with Crippen LogP contribution in [0.15, 0.2) is 22.8 Å². The number of pyridine rings is 1. The largest absolute Gasteiger partial charge is 0.354 e. The van der Waals surface area contributed by atoms with Gasteiger partial charge in [0, 0.05) is 54.7 Å². The second-order valence-electron chi connectivity index (χ2n) is 6.96. The zero-order chi connectivity index (χ0) is 17.2. The van der Waals surface area contributed by atoms with Crippen LogP contribution in [0.4, 0.5) is 5.82 Å². The smallest absolute Gasteiger partial charge is 0.135 e. The van der Waals surface area contributed by atoms with Crippen molar-refractivity contribution in [3.63, 3.8) is 0 Å². The van der Waals surface area contributed by atoms with Gasteiger partial charge in [0.15, 0.2) is 0 Å². The highest BCUT2D eigenvalue weighted by atomic mass is 79.9. The zero-order valence-corrected chi connectivity index (χ0v) is 16.3. The molecule has 0 N–H and O–H groups in total. The quantitative estimate of drug-likeness (QED) is 0.790. The van der Waals surface area contributed by atoms with Crippen molar-refractivity contribution >= 4 is 21.7 Å². The third-order valence-electron chi connectivity index (χ3n) is 5.12. The molecule has 0 saturated carbocycles. The molecular formula is C19H24BrN5. The normalized spacial score (nSPS) is 18.2. The second kappa shape index (κ2) is 7.38. The maximum Gasteiger partial charge on any atom is 0.135 e. The highest BCUT2D eigenvalue weighted by molar-refractivity contribution is 9.10. The summed E-state index contributed by atoms with van der Waals surface area (Å²) in [6.45, 7) is 7.10. The Kier molecular flexibility index (Phi) is 4.99. The lowest BCUT2D eigenvalue weighted by atomic mass is 9.96. The predicted molar refractivity (Wildman–Crippen MR) is 103 cm³/mol. The van der Waals surface area contributed by atoms with Crippen molar-refractivity contribution in [2.24, 2.45) is 0 Å². The molecule has 5 nitrogen and oxygen atoms in total. The molecule has 3 heterocycles. The van der Waals surface area contributed by atoms with Crippen LogP contribution in [0.2, 0.25) is 0 Å². The third-order valence-corrected chi connectivity index (χ3v) is 5.59. The summed E-state index contributed by atoms with van der Waals surface area (Å²) in [5.41, 5.74) is 3.82. The molecule has 1 saturated heterocycles. The van der Waals surface area contributed by atoms with E-state index in [1.165, 1.54) is 29.9 Å². The van der Waals surface area contributed by atoms with Crippen molar-refractivity contribution in [2.75, 3.05) is 31.1 Å². The molecule has 6 heteroatoms. The summed E-state index contributed by atoms with van der Waals surface area (Å²) in [6.07, 6.45) is 6.65. The average Bonchev–Trinajstić information content (AvgIpc) is 2.63. The Morgan fingerprint density at radius 2 is 1.84 bits per heavy atom. The van der Waals surface area contributed by atoms with Crippen LogP contribution >= 0.6 is 15.9 Å². The van der Waals surface area contributed by atoms with Gasteiger partial charge in [0.25, 0.3) is 0 Å².